The second kappa shape index (κ2) is 9.01. The minimum atomic E-state index is -1.06. The number of rotatable bonds is 4. The van der Waals surface area contributed by atoms with Gasteiger partial charge in [-0.3, -0.25) is 14.7 Å². The molecule has 1 aromatic carbocycles. The third kappa shape index (κ3) is 6.19. The number of nitrogens with one attached hydrogen (secondary N) is 1. The number of amides is 1. The Labute approximate surface area is 166 Å². The van der Waals surface area contributed by atoms with Crippen molar-refractivity contribution in [3.05, 3.63) is 65.5 Å². The van der Waals surface area contributed by atoms with Crippen LogP contribution in [0.4, 0.5) is 0 Å². The number of nitrogens with zero attached hydrogens (tertiary/aromatic N) is 2. The van der Waals surface area contributed by atoms with Crippen molar-refractivity contribution in [2.75, 3.05) is 13.1 Å². The maximum absolute atomic E-state index is 12.7. The topological polar surface area (TPSA) is 65.5 Å². The Morgan fingerprint density at radius 1 is 1.36 bits per heavy atom. The standard InChI is InChI=1S/C23H27N3O2/c1-23(2,28)11-10-18-6-3-8-20(14-18)22(27)25-21-9-5-13-26(17-21)16-19-7-4-12-24-15-19/h3-4,6-8,12,14-15,21,28H,5,9,13,16-17H2,1-2H3,(H,25,27). The van der Waals surface area contributed by atoms with E-state index in [9.17, 15) is 9.90 Å². The molecule has 0 saturated carbocycles. The largest absolute Gasteiger partial charge is 0.378 e. The summed E-state index contributed by atoms with van der Waals surface area (Å²) in [5.41, 5.74) is 1.44. The molecule has 3 rings (SSSR count). The smallest absolute Gasteiger partial charge is 0.251 e. The predicted octanol–water partition coefficient (Wildman–Crippen LogP) is 2.60. The van der Waals surface area contributed by atoms with Gasteiger partial charge in [-0.2, -0.15) is 0 Å². The van der Waals surface area contributed by atoms with Gasteiger partial charge >= 0.3 is 0 Å². The Morgan fingerprint density at radius 2 is 2.21 bits per heavy atom. The number of carbonyl (C=O) groups is 1. The lowest BCUT2D eigenvalue weighted by molar-refractivity contribution is 0.0900. The van der Waals surface area contributed by atoms with E-state index in [1.807, 2.05) is 24.4 Å². The molecule has 1 aliphatic heterocycles. The molecule has 0 bridgehead atoms. The Balaban J connectivity index is 1.60. The average Bonchev–Trinajstić information content (AvgIpc) is 2.67. The molecule has 0 radical (unpaired) electrons. The zero-order valence-electron chi connectivity index (χ0n) is 16.5. The second-order valence-electron chi connectivity index (χ2n) is 7.80. The molecule has 2 aromatic rings. The maximum atomic E-state index is 12.7. The van der Waals surface area contributed by atoms with E-state index < -0.39 is 5.60 Å². The lowest BCUT2D eigenvalue weighted by Gasteiger charge is -2.33. The summed E-state index contributed by atoms with van der Waals surface area (Å²) in [4.78, 5) is 19.2. The quantitative estimate of drug-likeness (QED) is 0.804. The number of piperidine rings is 1. The fourth-order valence-electron chi connectivity index (χ4n) is 3.30. The van der Waals surface area contributed by atoms with Crippen molar-refractivity contribution in [1.82, 2.24) is 15.2 Å². The molecular weight excluding hydrogens is 350 g/mol. The highest BCUT2D eigenvalue weighted by Gasteiger charge is 2.22. The van der Waals surface area contributed by atoms with E-state index in [0.717, 1.165) is 38.0 Å². The van der Waals surface area contributed by atoms with Gasteiger partial charge in [0.1, 0.15) is 5.60 Å². The summed E-state index contributed by atoms with van der Waals surface area (Å²) < 4.78 is 0. The van der Waals surface area contributed by atoms with Gasteiger partial charge < -0.3 is 10.4 Å². The normalized spacial score (nSPS) is 17.5. The first-order valence-electron chi connectivity index (χ1n) is 9.67. The first-order valence-corrected chi connectivity index (χ1v) is 9.67. The van der Waals surface area contributed by atoms with Crippen LogP contribution in [0.2, 0.25) is 0 Å². The van der Waals surface area contributed by atoms with Crippen LogP contribution in [0.5, 0.6) is 0 Å². The number of pyridine rings is 1. The van der Waals surface area contributed by atoms with Crippen LogP contribution in [-0.2, 0) is 6.54 Å². The lowest BCUT2D eigenvalue weighted by Crippen LogP contribution is -2.47. The van der Waals surface area contributed by atoms with Gasteiger partial charge in [0.2, 0.25) is 0 Å². The molecule has 1 saturated heterocycles. The molecule has 0 aliphatic carbocycles. The van der Waals surface area contributed by atoms with Gasteiger partial charge in [-0.1, -0.05) is 24.0 Å². The Hall–Kier alpha value is -2.68. The number of aliphatic hydroxyl groups is 1. The van der Waals surface area contributed by atoms with E-state index >= 15 is 0 Å². The Morgan fingerprint density at radius 3 is 2.96 bits per heavy atom. The molecule has 5 nitrogen and oxygen atoms in total. The summed E-state index contributed by atoms with van der Waals surface area (Å²) in [5.74, 6) is 5.62. The highest BCUT2D eigenvalue weighted by molar-refractivity contribution is 5.94. The van der Waals surface area contributed by atoms with Gasteiger partial charge in [0, 0.05) is 42.7 Å². The molecule has 1 atom stereocenters. The van der Waals surface area contributed by atoms with Gasteiger partial charge in [-0.05, 0) is 63.1 Å². The van der Waals surface area contributed by atoms with Gasteiger partial charge in [0.25, 0.3) is 5.91 Å². The minimum absolute atomic E-state index is 0.0832. The first-order chi connectivity index (χ1) is 13.4. The number of benzene rings is 1. The molecule has 1 amide bonds. The zero-order chi connectivity index (χ0) is 20.0. The van der Waals surface area contributed by atoms with E-state index in [4.69, 9.17) is 0 Å². The van der Waals surface area contributed by atoms with Gasteiger partial charge in [-0.25, -0.2) is 0 Å². The molecule has 2 N–H and O–H groups in total. The zero-order valence-corrected chi connectivity index (χ0v) is 16.5. The molecule has 1 aromatic heterocycles. The van der Waals surface area contributed by atoms with Crippen molar-refractivity contribution in [2.45, 2.75) is 44.9 Å². The summed E-state index contributed by atoms with van der Waals surface area (Å²) in [6, 6.07) is 11.4. The lowest BCUT2D eigenvalue weighted by atomic mass is 10.0. The molecule has 1 aliphatic rings. The maximum Gasteiger partial charge on any atom is 0.251 e. The van der Waals surface area contributed by atoms with E-state index in [2.05, 4.69) is 33.1 Å². The number of carbonyl (C=O) groups excluding carboxylic acids is 1. The van der Waals surface area contributed by atoms with E-state index in [1.165, 1.54) is 5.56 Å². The van der Waals surface area contributed by atoms with Gasteiger partial charge in [0.05, 0.1) is 0 Å². The van der Waals surface area contributed by atoms with Gasteiger partial charge in [-0.15, -0.1) is 0 Å². The van der Waals surface area contributed by atoms with Crippen LogP contribution in [0.25, 0.3) is 0 Å². The summed E-state index contributed by atoms with van der Waals surface area (Å²) in [5, 5.41) is 12.9. The molecule has 28 heavy (non-hydrogen) atoms. The Kier molecular flexibility index (Phi) is 6.45. The predicted molar refractivity (Wildman–Crippen MR) is 110 cm³/mol. The second-order valence-corrected chi connectivity index (χ2v) is 7.80. The van der Waals surface area contributed by atoms with Crippen LogP contribution in [0.15, 0.2) is 48.8 Å². The third-order valence-electron chi connectivity index (χ3n) is 4.61. The van der Waals surface area contributed by atoms with Crippen molar-refractivity contribution in [3.8, 4) is 11.8 Å². The molecule has 1 fully saturated rings. The summed E-state index contributed by atoms with van der Waals surface area (Å²) in [7, 11) is 0. The molecular formula is C23H27N3O2. The number of aromatic nitrogens is 1. The van der Waals surface area contributed by atoms with Crippen LogP contribution >= 0.6 is 0 Å². The molecule has 146 valence electrons. The van der Waals surface area contributed by atoms with Crippen molar-refractivity contribution in [1.29, 1.82) is 0 Å². The molecule has 5 heteroatoms. The summed E-state index contributed by atoms with van der Waals surface area (Å²) >= 11 is 0. The summed E-state index contributed by atoms with van der Waals surface area (Å²) in [6.07, 6.45) is 5.71. The fourth-order valence-corrected chi connectivity index (χ4v) is 3.30. The number of hydrogen-bond donors (Lipinski definition) is 2. The minimum Gasteiger partial charge on any atom is -0.378 e. The number of hydrogen-bond acceptors (Lipinski definition) is 4. The number of likely N-dealkylation sites (tertiary alicyclic amines) is 1. The first kappa shape index (κ1) is 20.1. The highest BCUT2D eigenvalue weighted by atomic mass is 16.3. The van der Waals surface area contributed by atoms with Crippen molar-refractivity contribution >= 4 is 5.91 Å². The van der Waals surface area contributed by atoms with E-state index in [1.54, 1.807) is 32.2 Å². The molecule has 1 unspecified atom stereocenters. The Bertz CT molecular complexity index is 863. The van der Waals surface area contributed by atoms with Crippen LogP contribution in [-0.4, -0.2) is 45.6 Å². The van der Waals surface area contributed by atoms with E-state index in [0.29, 0.717) is 5.56 Å². The van der Waals surface area contributed by atoms with Crippen molar-refractivity contribution in [2.24, 2.45) is 0 Å². The van der Waals surface area contributed by atoms with Crippen LogP contribution < -0.4 is 5.32 Å². The van der Waals surface area contributed by atoms with Crippen molar-refractivity contribution < 1.29 is 9.90 Å². The third-order valence-corrected chi connectivity index (χ3v) is 4.61. The van der Waals surface area contributed by atoms with Crippen LogP contribution in [0.1, 0.15) is 48.2 Å². The van der Waals surface area contributed by atoms with Gasteiger partial charge in [0.15, 0.2) is 0 Å². The molecule has 2 heterocycles. The monoisotopic (exact) mass is 377 g/mol. The highest BCUT2D eigenvalue weighted by Crippen LogP contribution is 2.14. The fraction of sp³-hybridized carbons (Fsp3) is 0.391. The van der Waals surface area contributed by atoms with Crippen molar-refractivity contribution in [3.63, 3.8) is 0 Å². The van der Waals surface area contributed by atoms with Crippen LogP contribution in [0, 0.1) is 11.8 Å². The SMILES string of the molecule is CC(C)(O)C#Cc1cccc(C(=O)NC2CCCN(Cc3cccnc3)C2)c1. The van der Waals surface area contributed by atoms with E-state index in [-0.39, 0.29) is 11.9 Å². The average molecular weight is 377 g/mol. The molecule has 0 spiro atoms. The summed E-state index contributed by atoms with van der Waals surface area (Å²) in [6.45, 7) is 5.98. The van der Waals surface area contributed by atoms with Crippen LogP contribution in [0.3, 0.4) is 0 Å².